The molecule has 0 bridgehead atoms. The molecule has 1 saturated heterocycles. The van der Waals surface area contributed by atoms with E-state index in [0.29, 0.717) is 29.5 Å². The van der Waals surface area contributed by atoms with Crippen LogP contribution in [0.15, 0.2) is 42.5 Å². The van der Waals surface area contributed by atoms with Crippen LogP contribution in [0.4, 0.5) is 5.69 Å². The molecule has 1 spiro atoms. The number of halogens is 1. The summed E-state index contributed by atoms with van der Waals surface area (Å²) < 4.78 is 31.8. The monoisotopic (exact) mass is 476 g/mol. The topological polar surface area (TPSA) is 75.7 Å². The summed E-state index contributed by atoms with van der Waals surface area (Å²) in [4.78, 5) is 15.5. The van der Waals surface area contributed by atoms with E-state index in [-0.39, 0.29) is 18.2 Å². The van der Waals surface area contributed by atoms with E-state index in [2.05, 4.69) is 33.9 Å². The number of hydrogen-bond acceptors (Lipinski definition) is 5. The van der Waals surface area contributed by atoms with Gasteiger partial charge in [-0.2, -0.15) is 0 Å². The highest BCUT2D eigenvalue weighted by atomic mass is 35.5. The Bertz CT molecular complexity index is 1130. The molecule has 2 aliphatic heterocycles. The molecule has 5 rings (SSSR count). The number of fused-ring (bicyclic) bond motifs is 2. The molecule has 2 aromatic carbocycles. The second-order valence-electron chi connectivity index (χ2n) is 9.17. The maximum Gasteiger partial charge on any atom is 0.229 e. The Morgan fingerprint density at radius 3 is 2.53 bits per heavy atom. The third-order valence-corrected chi connectivity index (χ3v) is 7.55. The normalized spacial score (nSPS) is 22.3. The summed E-state index contributed by atoms with van der Waals surface area (Å²) in [7, 11) is -3.39. The second kappa shape index (κ2) is 8.69. The summed E-state index contributed by atoms with van der Waals surface area (Å²) in [6, 6.07) is 14.3. The minimum absolute atomic E-state index is 0. The molecule has 32 heavy (non-hydrogen) atoms. The van der Waals surface area contributed by atoms with Crippen LogP contribution in [0.5, 0.6) is 5.75 Å². The number of hydrogen-bond donors (Lipinski definition) is 1. The van der Waals surface area contributed by atoms with Crippen LogP contribution in [-0.2, 0) is 22.9 Å². The van der Waals surface area contributed by atoms with Crippen LogP contribution >= 0.6 is 12.4 Å². The number of likely N-dealkylation sites (tertiary alicyclic amines) is 1. The van der Waals surface area contributed by atoms with Gasteiger partial charge in [-0.25, -0.2) is 8.42 Å². The number of carbonyl (C=O) groups excluding carboxylic acids is 1. The lowest BCUT2D eigenvalue weighted by Gasteiger charge is -2.46. The first-order chi connectivity index (χ1) is 14.8. The fraction of sp³-hybridized carbons (Fsp3) is 0.458. The third-order valence-electron chi connectivity index (χ3n) is 6.94. The zero-order chi connectivity index (χ0) is 21.6. The zero-order valence-corrected chi connectivity index (χ0v) is 19.8. The van der Waals surface area contributed by atoms with Gasteiger partial charge in [0.1, 0.15) is 11.4 Å². The lowest BCUT2D eigenvalue weighted by molar-refractivity contribution is -0.0200. The Labute approximate surface area is 195 Å². The van der Waals surface area contributed by atoms with Crippen molar-refractivity contribution in [2.24, 2.45) is 0 Å². The standard InChI is InChI=1S/C24H28N2O4S.ClH/c1-31(28,29)25-19-7-9-23-21(15-19)22(27)16-24(30-23)10-12-26(13-11-24)20-8-6-17-4-2-3-5-18(17)14-20;/h2-5,7,9,15,20,25H,6,8,10-14,16H2,1H3;1H. The van der Waals surface area contributed by atoms with E-state index in [9.17, 15) is 13.2 Å². The van der Waals surface area contributed by atoms with E-state index in [1.165, 1.54) is 17.5 Å². The van der Waals surface area contributed by atoms with Crippen LogP contribution in [0.25, 0.3) is 0 Å². The van der Waals surface area contributed by atoms with Gasteiger partial charge in [-0.1, -0.05) is 24.3 Å². The molecular formula is C24H29ClN2O4S. The Hall–Kier alpha value is -2.09. The SMILES string of the molecule is CS(=O)(=O)Nc1ccc2c(c1)C(=O)CC1(CCN(C3CCc4ccccc4C3)CC1)O2.Cl. The number of sulfonamides is 1. The molecule has 172 valence electrons. The molecular weight excluding hydrogens is 448 g/mol. The van der Waals surface area contributed by atoms with Gasteiger partial charge in [0.05, 0.1) is 18.2 Å². The van der Waals surface area contributed by atoms with Crippen molar-refractivity contribution in [3.8, 4) is 5.75 Å². The summed E-state index contributed by atoms with van der Waals surface area (Å²) in [6.07, 6.45) is 6.53. The Balaban J connectivity index is 0.00000245. The molecule has 1 fully saturated rings. The number of ketones is 1. The van der Waals surface area contributed by atoms with Gasteiger partial charge >= 0.3 is 0 Å². The molecule has 1 unspecified atom stereocenters. The van der Waals surface area contributed by atoms with Crippen LogP contribution in [0.2, 0.25) is 0 Å². The number of nitrogens with one attached hydrogen (secondary N) is 1. The predicted octanol–water partition coefficient (Wildman–Crippen LogP) is 3.84. The first-order valence-electron chi connectivity index (χ1n) is 11.0. The third kappa shape index (κ3) is 4.65. The fourth-order valence-electron chi connectivity index (χ4n) is 5.34. The molecule has 0 amide bonds. The van der Waals surface area contributed by atoms with Crippen molar-refractivity contribution in [2.75, 3.05) is 24.1 Å². The number of nitrogens with zero attached hydrogens (tertiary/aromatic N) is 1. The molecule has 1 aliphatic carbocycles. The maximum atomic E-state index is 12.9. The number of Topliss-reactive ketones (excluding diaryl/α,β-unsaturated/α-hetero) is 1. The highest BCUT2D eigenvalue weighted by Crippen LogP contribution is 2.41. The van der Waals surface area contributed by atoms with Crippen molar-refractivity contribution < 1.29 is 17.9 Å². The molecule has 3 aliphatic rings. The molecule has 6 nitrogen and oxygen atoms in total. The fourth-order valence-corrected chi connectivity index (χ4v) is 5.89. The molecule has 0 aromatic heterocycles. The lowest BCUT2D eigenvalue weighted by Crippen LogP contribution is -2.54. The maximum absolute atomic E-state index is 12.9. The average Bonchev–Trinajstić information content (AvgIpc) is 2.73. The molecule has 2 aromatic rings. The van der Waals surface area contributed by atoms with E-state index >= 15 is 0 Å². The summed E-state index contributed by atoms with van der Waals surface area (Å²) in [5.41, 5.74) is 3.36. The van der Waals surface area contributed by atoms with Gasteiger partial charge in [-0.15, -0.1) is 12.4 Å². The number of carbonyl (C=O) groups is 1. The van der Waals surface area contributed by atoms with Crippen LogP contribution in [0, 0.1) is 0 Å². The summed E-state index contributed by atoms with van der Waals surface area (Å²) in [6.45, 7) is 1.87. The molecule has 1 N–H and O–H groups in total. The van der Waals surface area contributed by atoms with Gasteiger partial charge in [0.15, 0.2) is 5.78 Å². The Kier molecular flexibility index (Phi) is 6.27. The predicted molar refractivity (Wildman–Crippen MR) is 128 cm³/mol. The van der Waals surface area contributed by atoms with Gasteiger partial charge in [-0.05, 0) is 48.6 Å². The number of aryl methyl sites for hydroxylation is 1. The van der Waals surface area contributed by atoms with Crippen LogP contribution in [0.1, 0.15) is 47.2 Å². The lowest BCUT2D eigenvalue weighted by atomic mass is 9.80. The summed E-state index contributed by atoms with van der Waals surface area (Å²) in [5.74, 6) is 0.591. The van der Waals surface area contributed by atoms with Crippen molar-refractivity contribution in [2.45, 2.75) is 50.2 Å². The highest BCUT2D eigenvalue weighted by molar-refractivity contribution is 7.92. The van der Waals surface area contributed by atoms with Gasteiger partial charge in [0.2, 0.25) is 10.0 Å². The van der Waals surface area contributed by atoms with Gasteiger partial charge in [0.25, 0.3) is 0 Å². The number of rotatable bonds is 3. The van der Waals surface area contributed by atoms with Gasteiger partial charge in [-0.3, -0.25) is 14.4 Å². The van der Waals surface area contributed by atoms with Gasteiger partial charge < -0.3 is 4.74 Å². The first kappa shape index (κ1) is 23.1. The van der Waals surface area contributed by atoms with Crippen molar-refractivity contribution >= 4 is 33.9 Å². The molecule has 8 heteroatoms. The number of benzene rings is 2. The Morgan fingerprint density at radius 2 is 1.81 bits per heavy atom. The van der Waals surface area contributed by atoms with Crippen LogP contribution in [-0.4, -0.2) is 50.1 Å². The number of anilines is 1. The van der Waals surface area contributed by atoms with Crippen molar-refractivity contribution in [3.05, 3.63) is 59.2 Å². The van der Waals surface area contributed by atoms with E-state index in [1.54, 1.807) is 18.2 Å². The van der Waals surface area contributed by atoms with Crippen molar-refractivity contribution in [3.63, 3.8) is 0 Å². The molecule has 2 heterocycles. The summed E-state index contributed by atoms with van der Waals surface area (Å²) in [5, 5.41) is 0. The van der Waals surface area contributed by atoms with E-state index < -0.39 is 15.6 Å². The average molecular weight is 477 g/mol. The van der Waals surface area contributed by atoms with E-state index in [0.717, 1.165) is 45.0 Å². The van der Waals surface area contributed by atoms with Crippen molar-refractivity contribution in [1.29, 1.82) is 0 Å². The minimum atomic E-state index is -3.39. The molecule has 0 radical (unpaired) electrons. The van der Waals surface area contributed by atoms with Crippen molar-refractivity contribution in [1.82, 2.24) is 4.90 Å². The molecule has 1 atom stereocenters. The second-order valence-corrected chi connectivity index (χ2v) is 10.9. The van der Waals surface area contributed by atoms with E-state index in [1.807, 2.05) is 0 Å². The minimum Gasteiger partial charge on any atom is -0.486 e. The quantitative estimate of drug-likeness (QED) is 0.728. The zero-order valence-electron chi connectivity index (χ0n) is 18.2. The van der Waals surface area contributed by atoms with Crippen LogP contribution < -0.4 is 9.46 Å². The Morgan fingerprint density at radius 1 is 1.09 bits per heavy atom. The smallest absolute Gasteiger partial charge is 0.229 e. The first-order valence-corrected chi connectivity index (χ1v) is 12.8. The van der Waals surface area contributed by atoms with Gasteiger partial charge in [0, 0.05) is 37.7 Å². The van der Waals surface area contributed by atoms with E-state index in [4.69, 9.17) is 4.74 Å². The number of piperidine rings is 1. The highest BCUT2D eigenvalue weighted by Gasteiger charge is 2.44. The molecule has 0 saturated carbocycles. The number of ether oxygens (including phenoxy) is 1. The largest absolute Gasteiger partial charge is 0.486 e. The summed E-state index contributed by atoms with van der Waals surface area (Å²) >= 11 is 0. The van der Waals surface area contributed by atoms with Crippen LogP contribution in [0.3, 0.4) is 0 Å².